The van der Waals surface area contributed by atoms with Crippen molar-refractivity contribution in [2.24, 2.45) is 22.8 Å². The number of nitrogens with two attached hydrogens (primary N) is 2. The first kappa shape index (κ1) is 9.01. The molecular weight excluding hydrogens is 136 g/mol. The normalized spacial score (nSPS) is 35.2. The van der Waals surface area contributed by atoms with Gasteiger partial charge in [-0.1, -0.05) is 20.8 Å². The topological polar surface area (TPSA) is 52.0 Å². The molecule has 2 heteroatoms. The van der Waals surface area contributed by atoms with Crippen molar-refractivity contribution in [2.75, 3.05) is 0 Å². The average molecular weight is 156 g/mol. The van der Waals surface area contributed by atoms with Crippen LogP contribution < -0.4 is 11.5 Å². The van der Waals surface area contributed by atoms with Crippen molar-refractivity contribution in [1.82, 2.24) is 0 Å². The molecule has 0 aliphatic heterocycles. The molecule has 0 aromatic carbocycles. The third-order valence-corrected chi connectivity index (χ3v) is 3.01. The van der Waals surface area contributed by atoms with Crippen LogP contribution in [0.4, 0.5) is 0 Å². The second-order valence-corrected chi connectivity index (χ2v) is 4.88. The Labute approximate surface area is 69.3 Å². The van der Waals surface area contributed by atoms with Crippen molar-refractivity contribution in [3.05, 3.63) is 0 Å². The fourth-order valence-corrected chi connectivity index (χ4v) is 1.92. The summed E-state index contributed by atoms with van der Waals surface area (Å²) in [5.74, 6) is 0.450. The molecule has 0 saturated heterocycles. The Morgan fingerprint density at radius 1 is 1.18 bits per heavy atom. The zero-order valence-corrected chi connectivity index (χ0v) is 7.85. The van der Waals surface area contributed by atoms with E-state index in [2.05, 4.69) is 20.8 Å². The van der Waals surface area contributed by atoms with E-state index >= 15 is 0 Å². The molecule has 1 atom stereocenters. The summed E-state index contributed by atoms with van der Waals surface area (Å²) in [6.45, 7) is 6.73. The second-order valence-electron chi connectivity index (χ2n) is 4.88. The predicted octanol–water partition coefficient (Wildman–Crippen LogP) is 1.45. The van der Waals surface area contributed by atoms with Gasteiger partial charge in [-0.05, 0) is 30.6 Å². The molecule has 0 bridgehead atoms. The lowest BCUT2D eigenvalue weighted by Crippen LogP contribution is -2.58. The zero-order chi connectivity index (χ0) is 8.70. The van der Waals surface area contributed by atoms with Crippen LogP contribution in [0.2, 0.25) is 0 Å². The molecule has 4 N–H and O–H groups in total. The second kappa shape index (κ2) is 2.46. The van der Waals surface area contributed by atoms with Crippen LogP contribution in [0.15, 0.2) is 0 Å². The van der Waals surface area contributed by atoms with E-state index < -0.39 is 5.66 Å². The Hall–Kier alpha value is -0.0800. The first-order valence-electron chi connectivity index (χ1n) is 4.41. The molecule has 2 nitrogen and oxygen atoms in total. The fraction of sp³-hybridized carbons (Fsp3) is 1.00. The maximum atomic E-state index is 5.92. The van der Waals surface area contributed by atoms with Crippen LogP contribution >= 0.6 is 0 Å². The third-order valence-electron chi connectivity index (χ3n) is 3.01. The van der Waals surface area contributed by atoms with Crippen LogP contribution in [0.1, 0.15) is 40.0 Å². The Kier molecular flexibility index (Phi) is 2.01. The lowest BCUT2D eigenvalue weighted by atomic mass is 9.68. The first-order chi connectivity index (χ1) is 4.83. The third kappa shape index (κ3) is 1.94. The van der Waals surface area contributed by atoms with E-state index in [9.17, 15) is 0 Å². The Morgan fingerprint density at radius 2 is 1.73 bits per heavy atom. The molecule has 66 valence electrons. The van der Waals surface area contributed by atoms with Crippen LogP contribution in [-0.2, 0) is 0 Å². The van der Waals surface area contributed by atoms with E-state index in [1.165, 1.54) is 0 Å². The summed E-state index contributed by atoms with van der Waals surface area (Å²) >= 11 is 0. The highest BCUT2D eigenvalue weighted by molar-refractivity contribution is 4.92. The van der Waals surface area contributed by atoms with Crippen molar-refractivity contribution in [1.29, 1.82) is 0 Å². The highest BCUT2D eigenvalue weighted by atomic mass is 15.0. The van der Waals surface area contributed by atoms with Gasteiger partial charge in [-0.2, -0.15) is 0 Å². The van der Waals surface area contributed by atoms with Crippen molar-refractivity contribution >= 4 is 0 Å². The van der Waals surface area contributed by atoms with E-state index in [1.807, 2.05) is 0 Å². The number of hydrogen-bond donors (Lipinski definition) is 2. The summed E-state index contributed by atoms with van der Waals surface area (Å²) in [6, 6.07) is 0. The van der Waals surface area contributed by atoms with Crippen LogP contribution in [0.25, 0.3) is 0 Å². The van der Waals surface area contributed by atoms with Gasteiger partial charge in [0.2, 0.25) is 0 Å². The van der Waals surface area contributed by atoms with E-state index in [0.717, 1.165) is 19.3 Å². The molecule has 0 aromatic rings. The summed E-state index contributed by atoms with van der Waals surface area (Å²) in [5, 5.41) is 0. The van der Waals surface area contributed by atoms with Gasteiger partial charge in [0, 0.05) is 0 Å². The van der Waals surface area contributed by atoms with E-state index in [1.54, 1.807) is 0 Å². The summed E-state index contributed by atoms with van der Waals surface area (Å²) in [4.78, 5) is 0. The molecule has 0 spiro atoms. The minimum atomic E-state index is -0.407. The van der Waals surface area contributed by atoms with Gasteiger partial charge in [0.1, 0.15) is 0 Å². The molecule has 0 radical (unpaired) electrons. The van der Waals surface area contributed by atoms with E-state index in [0.29, 0.717) is 11.3 Å². The number of rotatable bonds is 0. The van der Waals surface area contributed by atoms with Crippen LogP contribution in [0.5, 0.6) is 0 Å². The van der Waals surface area contributed by atoms with Gasteiger partial charge in [-0.3, -0.25) is 0 Å². The highest BCUT2D eigenvalue weighted by Crippen LogP contribution is 2.40. The molecular formula is C9H20N2. The van der Waals surface area contributed by atoms with Crippen molar-refractivity contribution in [3.63, 3.8) is 0 Å². The number of hydrogen-bond acceptors (Lipinski definition) is 2. The SMILES string of the molecule is CC1CC(C)(C)CCC1(N)N. The molecule has 0 aromatic heterocycles. The molecule has 1 fully saturated rings. The zero-order valence-electron chi connectivity index (χ0n) is 7.85. The van der Waals surface area contributed by atoms with Gasteiger partial charge in [0.25, 0.3) is 0 Å². The monoisotopic (exact) mass is 156 g/mol. The minimum absolute atomic E-state index is 0.407. The quantitative estimate of drug-likeness (QED) is 0.521. The van der Waals surface area contributed by atoms with Crippen molar-refractivity contribution < 1.29 is 0 Å². The van der Waals surface area contributed by atoms with Gasteiger partial charge < -0.3 is 11.5 Å². The molecule has 0 amide bonds. The molecule has 1 saturated carbocycles. The Morgan fingerprint density at radius 3 is 2.09 bits per heavy atom. The van der Waals surface area contributed by atoms with E-state index in [4.69, 9.17) is 11.5 Å². The lowest BCUT2D eigenvalue weighted by molar-refractivity contribution is 0.106. The predicted molar refractivity (Wildman–Crippen MR) is 47.9 cm³/mol. The maximum Gasteiger partial charge on any atom is 0.0663 e. The summed E-state index contributed by atoms with van der Waals surface area (Å²) in [5.41, 5.74) is 11.9. The maximum absolute atomic E-state index is 5.92. The fourth-order valence-electron chi connectivity index (χ4n) is 1.92. The Bertz CT molecular complexity index is 150. The molecule has 11 heavy (non-hydrogen) atoms. The van der Waals surface area contributed by atoms with Crippen molar-refractivity contribution in [2.45, 2.75) is 45.7 Å². The highest BCUT2D eigenvalue weighted by Gasteiger charge is 2.38. The molecule has 1 rings (SSSR count). The molecule has 1 aliphatic carbocycles. The Balaban J connectivity index is 2.63. The van der Waals surface area contributed by atoms with Crippen LogP contribution in [0, 0.1) is 11.3 Å². The summed E-state index contributed by atoms with van der Waals surface area (Å²) < 4.78 is 0. The standard InChI is InChI=1S/C9H20N2/c1-7-6-8(2,3)4-5-9(7,10)11/h7H,4-6,10-11H2,1-3H3. The van der Waals surface area contributed by atoms with Gasteiger partial charge in [0.05, 0.1) is 5.66 Å². The molecule has 1 aliphatic rings. The smallest absolute Gasteiger partial charge is 0.0663 e. The van der Waals surface area contributed by atoms with Crippen LogP contribution in [-0.4, -0.2) is 5.66 Å². The minimum Gasteiger partial charge on any atom is -0.313 e. The van der Waals surface area contributed by atoms with Gasteiger partial charge in [-0.15, -0.1) is 0 Å². The average Bonchev–Trinajstić information content (AvgIpc) is 1.81. The summed E-state index contributed by atoms with van der Waals surface area (Å²) in [7, 11) is 0. The summed E-state index contributed by atoms with van der Waals surface area (Å²) in [6.07, 6.45) is 3.27. The molecule has 1 unspecified atom stereocenters. The van der Waals surface area contributed by atoms with E-state index in [-0.39, 0.29) is 0 Å². The van der Waals surface area contributed by atoms with Crippen LogP contribution in [0.3, 0.4) is 0 Å². The largest absolute Gasteiger partial charge is 0.313 e. The van der Waals surface area contributed by atoms with Gasteiger partial charge >= 0.3 is 0 Å². The van der Waals surface area contributed by atoms with Gasteiger partial charge in [-0.25, -0.2) is 0 Å². The molecule has 0 heterocycles. The lowest BCUT2D eigenvalue weighted by Gasteiger charge is -2.43. The first-order valence-corrected chi connectivity index (χ1v) is 4.41. The van der Waals surface area contributed by atoms with Gasteiger partial charge in [0.15, 0.2) is 0 Å². The van der Waals surface area contributed by atoms with Crippen molar-refractivity contribution in [3.8, 4) is 0 Å².